The largest absolute Gasteiger partial charge is 0.349 e. The van der Waals surface area contributed by atoms with E-state index in [9.17, 15) is 28.1 Å². The van der Waals surface area contributed by atoms with Crippen molar-refractivity contribution < 1.29 is 22.9 Å². The van der Waals surface area contributed by atoms with Gasteiger partial charge in [0.25, 0.3) is 17.5 Å². The Balaban J connectivity index is 1.87. The zero-order valence-electron chi connectivity index (χ0n) is 15.3. The highest BCUT2D eigenvalue weighted by molar-refractivity contribution is 7.89. The van der Waals surface area contributed by atoms with Gasteiger partial charge in [0.15, 0.2) is 4.90 Å². The van der Waals surface area contributed by atoms with Crippen molar-refractivity contribution in [3.05, 3.63) is 63.2 Å². The van der Waals surface area contributed by atoms with E-state index >= 15 is 0 Å². The average molecular weight is 418 g/mol. The topological polar surface area (TPSA) is 162 Å². The fraction of sp³-hybridized carbons (Fsp3) is 0.222. The minimum absolute atomic E-state index is 0.128. The van der Waals surface area contributed by atoms with Gasteiger partial charge in [-0.25, -0.2) is 13.6 Å². The monoisotopic (exact) mass is 418 g/mol. The molecule has 0 aliphatic heterocycles. The highest BCUT2D eigenvalue weighted by atomic mass is 32.2. The summed E-state index contributed by atoms with van der Waals surface area (Å²) in [4.78, 5) is 34.3. The van der Waals surface area contributed by atoms with Crippen molar-refractivity contribution in [1.82, 2.24) is 5.32 Å². The van der Waals surface area contributed by atoms with Gasteiger partial charge >= 0.3 is 0 Å². The SMILES string of the molecule is Cc1ccc(C(=O)NC2CC2)cc1NC(=O)c1ccc(S(N)(=O)=O)c([N+](=O)[O-])c1. The van der Waals surface area contributed by atoms with E-state index in [1.165, 1.54) is 6.07 Å². The molecular formula is C18H18N4O6S. The predicted molar refractivity (Wildman–Crippen MR) is 104 cm³/mol. The number of benzene rings is 2. The average Bonchev–Trinajstić information content (AvgIpc) is 3.46. The molecule has 0 saturated heterocycles. The number of nitro benzene ring substituents is 1. The molecule has 1 aliphatic rings. The number of hydrogen-bond donors (Lipinski definition) is 3. The third kappa shape index (κ3) is 4.76. The zero-order valence-corrected chi connectivity index (χ0v) is 16.2. The molecule has 2 aromatic rings. The number of rotatable bonds is 6. The number of carbonyl (C=O) groups is 2. The molecule has 2 aromatic carbocycles. The van der Waals surface area contributed by atoms with Crippen LogP contribution >= 0.6 is 0 Å². The van der Waals surface area contributed by atoms with Crippen LogP contribution in [0.1, 0.15) is 39.1 Å². The number of hydrogen-bond acceptors (Lipinski definition) is 6. The lowest BCUT2D eigenvalue weighted by Crippen LogP contribution is -2.25. The van der Waals surface area contributed by atoms with Crippen molar-refractivity contribution in [2.75, 3.05) is 5.32 Å². The summed E-state index contributed by atoms with van der Waals surface area (Å²) in [6.45, 7) is 1.73. The van der Waals surface area contributed by atoms with Crippen molar-refractivity contribution in [2.45, 2.75) is 30.7 Å². The van der Waals surface area contributed by atoms with Crippen LogP contribution in [-0.4, -0.2) is 31.2 Å². The fourth-order valence-electron chi connectivity index (χ4n) is 2.63. The summed E-state index contributed by atoms with van der Waals surface area (Å²) in [5.74, 6) is -0.951. The van der Waals surface area contributed by atoms with Crippen molar-refractivity contribution in [2.24, 2.45) is 5.14 Å². The Morgan fingerprint density at radius 1 is 1.10 bits per heavy atom. The first kappa shape index (κ1) is 20.4. The number of carbonyl (C=O) groups excluding carboxylic acids is 2. The first-order valence-corrected chi connectivity index (χ1v) is 10.1. The second-order valence-corrected chi connectivity index (χ2v) is 8.25. The molecular weight excluding hydrogens is 400 g/mol. The van der Waals surface area contributed by atoms with Gasteiger partial charge < -0.3 is 10.6 Å². The number of nitrogens with zero attached hydrogens (tertiary/aromatic N) is 1. The summed E-state index contributed by atoms with van der Waals surface area (Å²) in [6, 6.07) is 7.88. The molecule has 152 valence electrons. The summed E-state index contributed by atoms with van der Waals surface area (Å²) >= 11 is 0. The van der Waals surface area contributed by atoms with E-state index in [-0.39, 0.29) is 17.5 Å². The molecule has 0 bridgehead atoms. The van der Waals surface area contributed by atoms with Crippen LogP contribution in [0.5, 0.6) is 0 Å². The van der Waals surface area contributed by atoms with Gasteiger partial charge in [0.1, 0.15) is 0 Å². The maximum absolute atomic E-state index is 12.6. The Kier molecular flexibility index (Phi) is 5.36. The quantitative estimate of drug-likeness (QED) is 0.478. The Bertz CT molecular complexity index is 1130. The molecule has 0 atom stereocenters. The van der Waals surface area contributed by atoms with Gasteiger partial charge in [-0.2, -0.15) is 0 Å². The lowest BCUT2D eigenvalue weighted by atomic mass is 10.1. The van der Waals surface area contributed by atoms with Gasteiger partial charge in [0.2, 0.25) is 10.0 Å². The number of amides is 2. The number of anilines is 1. The molecule has 3 rings (SSSR count). The van der Waals surface area contributed by atoms with Gasteiger partial charge in [-0.15, -0.1) is 0 Å². The van der Waals surface area contributed by atoms with E-state index in [1.54, 1.807) is 19.1 Å². The minimum Gasteiger partial charge on any atom is -0.349 e. The summed E-state index contributed by atoms with van der Waals surface area (Å²) in [5, 5.41) is 21.6. The normalized spacial score (nSPS) is 13.6. The van der Waals surface area contributed by atoms with E-state index in [0.29, 0.717) is 16.8 Å². The van der Waals surface area contributed by atoms with Gasteiger partial charge in [-0.05, 0) is 49.6 Å². The summed E-state index contributed by atoms with van der Waals surface area (Å²) in [5.41, 5.74) is 0.479. The summed E-state index contributed by atoms with van der Waals surface area (Å²) in [6.07, 6.45) is 1.88. The molecule has 0 unspecified atom stereocenters. The first-order chi connectivity index (χ1) is 13.6. The first-order valence-electron chi connectivity index (χ1n) is 8.60. The smallest absolute Gasteiger partial charge is 0.290 e. The second-order valence-electron chi connectivity index (χ2n) is 6.72. The molecule has 11 heteroatoms. The number of nitro groups is 1. The molecule has 0 radical (unpaired) electrons. The molecule has 2 amide bonds. The molecule has 10 nitrogen and oxygen atoms in total. The van der Waals surface area contributed by atoms with Crippen LogP contribution in [0.4, 0.5) is 11.4 Å². The van der Waals surface area contributed by atoms with Crippen molar-refractivity contribution >= 4 is 33.2 Å². The predicted octanol–water partition coefficient (Wildman–Crippen LogP) is 1.70. The van der Waals surface area contributed by atoms with Crippen molar-refractivity contribution in [3.63, 3.8) is 0 Å². The maximum atomic E-state index is 12.6. The fourth-order valence-corrected chi connectivity index (χ4v) is 3.31. The van der Waals surface area contributed by atoms with E-state index in [0.717, 1.165) is 31.0 Å². The highest BCUT2D eigenvalue weighted by Gasteiger charge is 2.26. The number of nitrogens with one attached hydrogen (secondary N) is 2. The van der Waals surface area contributed by atoms with Gasteiger partial charge in [-0.3, -0.25) is 19.7 Å². The summed E-state index contributed by atoms with van der Waals surface area (Å²) in [7, 11) is -4.32. The van der Waals surface area contributed by atoms with Crippen LogP contribution in [-0.2, 0) is 10.0 Å². The summed E-state index contributed by atoms with van der Waals surface area (Å²) < 4.78 is 23.0. The highest BCUT2D eigenvalue weighted by Crippen LogP contribution is 2.25. The van der Waals surface area contributed by atoms with Crippen molar-refractivity contribution in [3.8, 4) is 0 Å². The Morgan fingerprint density at radius 3 is 2.31 bits per heavy atom. The number of sulfonamides is 1. The second kappa shape index (κ2) is 7.60. The van der Waals surface area contributed by atoms with Crippen LogP contribution in [0, 0.1) is 17.0 Å². The number of primary sulfonamides is 1. The standard InChI is InChI=1S/C18H18N4O6S/c1-10-2-3-11(17(23)20-13-5-6-13)8-14(10)21-18(24)12-4-7-16(29(19,27)28)15(9-12)22(25)26/h2-4,7-9,13H,5-6H2,1H3,(H,20,23)(H,21,24)(H2,19,27,28). The lowest BCUT2D eigenvalue weighted by molar-refractivity contribution is -0.387. The van der Waals surface area contributed by atoms with Crippen LogP contribution in [0.2, 0.25) is 0 Å². The molecule has 1 fully saturated rings. The number of aryl methyl sites for hydroxylation is 1. The lowest BCUT2D eigenvalue weighted by Gasteiger charge is -2.11. The van der Waals surface area contributed by atoms with Crippen molar-refractivity contribution in [1.29, 1.82) is 0 Å². The third-order valence-corrected chi connectivity index (χ3v) is 5.34. The van der Waals surface area contributed by atoms with Crippen LogP contribution in [0.15, 0.2) is 41.3 Å². The van der Waals surface area contributed by atoms with Gasteiger partial charge in [0, 0.05) is 28.9 Å². The third-order valence-electron chi connectivity index (χ3n) is 4.38. The van der Waals surface area contributed by atoms with E-state index < -0.39 is 31.4 Å². The van der Waals surface area contributed by atoms with Crippen LogP contribution in [0.25, 0.3) is 0 Å². The Labute approximate surface area is 166 Å². The van der Waals surface area contributed by atoms with E-state index in [4.69, 9.17) is 5.14 Å². The van der Waals surface area contributed by atoms with Crippen LogP contribution < -0.4 is 15.8 Å². The molecule has 0 heterocycles. The van der Waals surface area contributed by atoms with E-state index in [2.05, 4.69) is 10.6 Å². The molecule has 1 aliphatic carbocycles. The molecule has 0 aromatic heterocycles. The van der Waals surface area contributed by atoms with Gasteiger partial charge in [-0.1, -0.05) is 6.07 Å². The molecule has 4 N–H and O–H groups in total. The maximum Gasteiger partial charge on any atom is 0.290 e. The molecule has 0 spiro atoms. The number of nitrogens with two attached hydrogens (primary N) is 1. The Morgan fingerprint density at radius 2 is 1.72 bits per heavy atom. The molecule has 29 heavy (non-hydrogen) atoms. The minimum atomic E-state index is -4.32. The van der Waals surface area contributed by atoms with E-state index in [1.807, 2.05) is 0 Å². The van der Waals surface area contributed by atoms with Crippen LogP contribution in [0.3, 0.4) is 0 Å². The van der Waals surface area contributed by atoms with Gasteiger partial charge in [0.05, 0.1) is 4.92 Å². The molecule has 1 saturated carbocycles. The Hall–Kier alpha value is -3.31. The zero-order chi connectivity index (χ0) is 21.3.